The van der Waals surface area contributed by atoms with Crippen LogP contribution in [0.1, 0.15) is 24.1 Å². The third-order valence-electron chi connectivity index (χ3n) is 6.11. The Morgan fingerprint density at radius 1 is 1.00 bits per heavy atom. The maximum atomic E-state index is 13.5. The molecule has 0 radical (unpaired) electrons. The third kappa shape index (κ3) is 4.27. The summed E-state index contributed by atoms with van der Waals surface area (Å²) in [7, 11) is 3.05. The van der Waals surface area contributed by atoms with Gasteiger partial charge >= 0.3 is 5.91 Å². The second-order valence-corrected chi connectivity index (χ2v) is 9.21. The predicted octanol–water partition coefficient (Wildman–Crippen LogP) is 5.34. The minimum absolute atomic E-state index is 0.0473. The third-order valence-corrected chi connectivity index (χ3v) is 7.12. The highest BCUT2D eigenvalue weighted by Gasteiger charge is 2.49. The number of benzene rings is 3. The van der Waals surface area contributed by atoms with Crippen LogP contribution >= 0.6 is 11.3 Å². The van der Waals surface area contributed by atoms with Crippen molar-refractivity contribution >= 4 is 44.1 Å². The molecule has 1 N–H and O–H groups in total. The maximum Gasteiger partial charge on any atom is 0.301 e. The highest BCUT2D eigenvalue weighted by Crippen LogP contribution is 2.46. The second kappa shape index (κ2) is 9.94. The van der Waals surface area contributed by atoms with Crippen molar-refractivity contribution in [3.05, 3.63) is 83.4 Å². The van der Waals surface area contributed by atoms with E-state index in [2.05, 4.69) is 4.98 Å². The minimum atomic E-state index is -0.954. The molecule has 9 heteroatoms. The average molecular weight is 517 g/mol. The summed E-state index contributed by atoms with van der Waals surface area (Å²) < 4.78 is 17.2. The van der Waals surface area contributed by atoms with E-state index >= 15 is 0 Å². The normalized spacial score (nSPS) is 16.8. The van der Waals surface area contributed by atoms with Gasteiger partial charge in [0.25, 0.3) is 5.78 Å². The molecule has 2 heterocycles. The number of thiazole rings is 1. The van der Waals surface area contributed by atoms with Gasteiger partial charge in [0.15, 0.2) is 5.13 Å². The quantitative estimate of drug-likeness (QED) is 0.201. The molecule has 1 atom stereocenters. The Hall–Kier alpha value is -4.37. The number of carbonyl (C=O) groups excluding carboxylic acids is 2. The first kappa shape index (κ1) is 24.3. The lowest BCUT2D eigenvalue weighted by Gasteiger charge is -2.24. The second-order valence-electron chi connectivity index (χ2n) is 8.20. The summed E-state index contributed by atoms with van der Waals surface area (Å²) in [5.41, 5.74) is 1.55. The zero-order valence-corrected chi connectivity index (χ0v) is 21.2. The van der Waals surface area contributed by atoms with Crippen molar-refractivity contribution < 1.29 is 28.9 Å². The number of rotatable bonds is 7. The number of ketones is 1. The zero-order valence-electron chi connectivity index (χ0n) is 20.4. The van der Waals surface area contributed by atoms with E-state index in [4.69, 9.17) is 14.2 Å². The molecule has 188 valence electrons. The van der Waals surface area contributed by atoms with Crippen LogP contribution in [-0.2, 0) is 9.59 Å². The van der Waals surface area contributed by atoms with E-state index in [1.54, 1.807) is 48.5 Å². The number of fused-ring (bicyclic) bond motifs is 1. The molecule has 1 amide bonds. The van der Waals surface area contributed by atoms with Crippen LogP contribution in [0, 0.1) is 0 Å². The highest BCUT2D eigenvalue weighted by molar-refractivity contribution is 7.22. The van der Waals surface area contributed by atoms with Crippen LogP contribution in [0.15, 0.2) is 72.3 Å². The van der Waals surface area contributed by atoms with Crippen molar-refractivity contribution in [3.8, 4) is 17.2 Å². The Labute approximate surface area is 217 Å². The lowest BCUT2D eigenvalue weighted by Crippen LogP contribution is -2.29. The highest BCUT2D eigenvalue weighted by atomic mass is 32.1. The number of aliphatic hydroxyl groups is 1. The Kier molecular flexibility index (Phi) is 6.54. The van der Waals surface area contributed by atoms with E-state index < -0.39 is 17.7 Å². The molecule has 37 heavy (non-hydrogen) atoms. The van der Waals surface area contributed by atoms with Crippen molar-refractivity contribution in [2.75, 3.05) is 25.7 Å². The number of Topliss-reactive ketones (excluding diaryl/α,β-unsaturated/α-hetero) is 1. The molecule has 0 aliphatic carbocycles. The van der Waals surface area contributed by atoms with Crippen LogP contribution in [0.2, 0.25) is 0 Å². The Morgan fingerprint density at radius 3 is 2.43 bits per heavy atom. The van der Waals surface area contributed by atoms with Gasteiger partial charge in [0.2, 0.25) is 0 Å². The van der Waals surface area contributed by atoms with Crippen LogP contribution in [-0.4, -0.2) is 42.6 Å². The largest absolute Gasteiger partial charge is 0.507 e. The SMILES string of the molecule is CCOc1ccc2nc(N3C(=O)C(=O)C(=C(O)c4ccc(OC)cc4)[C@@H]3c3ccccc3OC)sc2c1. The smallest absolute Gasteiger partial charge is 0.301 e. The van der Waals surface area contributed by atoms with E-state index in [1.165, 1.54) is 30.5 Å². The molecular formula is C28H24N2O6S. The molecule has 1 saturated heterocycles. The first-order chi connectivity index (χ1) is 18.0. The van der Waals surface area contributed by atoms with Gasteiger partial charge in [-0.1, -0.05) is 29.5 Å². The molecule has 4 aromatic rings. The number of amides is 1. The standard InChI is InChI=1S/C28H24N2O6S/c1-4-36-18-13-14-20-22(15-18)37-28(29-20)30-24(19-7-5-6-8-21(19)35-3)23(26(32)27(30)33)25(31)16-9-11-17(34-2)12-10-16/h5-15,24,31H,4H2,1-3H3/t24-/m0/s1. The number of methoxy groups -OCH3 is 2. The van der Waals surface area contributed by atoms with Gasteiger partial charge in [-0.15, -0.1) is 0 Å². The Balaban J connectivity index is 1.71. The lowest BCUT2D eigenvalue weighted by atomic mass is 9.94. The molecule has 3 aromatic carbocycles. The van der Waals surface area contributed by atoms with E-state index in [1.807, 2.05) is 25.1 Å². The number of ether oxygens (including phenoxy) is 3. The molecule has 1 aromatic heterocycles. The first-order valence-electron chi connectivity index (χ1n) is 11.6. The maximum absolute atomic E-state index is 13.5. The van der Waals surface area contributed by atoms with Gasteiger partial charge in [0.1, 0.15) is 29.0 Å². The summed E-state index contributed by atoms with van der Waals surface area (Å²) in [5, 5.41) is 11.7. The summed E-state index contributed by atoms with van der Waals surface area (Å²) in [4.78, 5) is 32.9. The van der Waals surface area contributed by atoms with Crippen LogP contribution in [0.4, 0.5) is 5.13 Å². The van der Waals surface area contributed by atoms with E-state index in [9.17, 15) is 14.7 Å². The number of para-hydroxylation sites is 1. The molecule has 0 bridgehead atoms. The van der Waals surface area contributed by atoms with E-state index in [0.717, 1.165) is 4.70 Å². The van der Waals surface area contributed by atoms with Crippen molar-refractivity contribution in [2.45, 2.75) is 13.0 Å². The fourth-order valence-electron chi connectivity index (χ4n) is 4.37. The first-order valence-corrected chi connectivity index (χ1v) is 12.4. The van der Waals surface area contributed by atoms with Gasteiger partial charge in [-0.25, -0.2) is 4.98 Å². The number of nitrogens with zero attached hydrogens (tertiary/aromatic N) is 2. The number of carbonyl (C=O) groups is 2. The lowest BCUT2D eigenvalue weighted by molar-refractivity contribution is -0.132. The number of hydrogen-bond donors (Lipinski definition) is 1. The van der Waals surface area contributed by atoms with Crippen molar-refractivity contribution in [3.63, 3.8) is 0 Å². The van der Waals surface area contributed by atoms with Gasteiger partial charge in [-0.3, -0.25) is 14.5 Å². The van der Waals surface area contributed by atoms with Gasteiger partial charge in [-0.05, 0) is 55.5 Å². The summed E-state index contributed by atoms with van der Waals surface area (Å²) in [6, 6.07) is 18.2. The van der Waals surface area contributed by atoms with E-state index in [-0.39, 0.29) is 11.3 Å². The molecular weight excluding hydrogens is 492 g/mol. The van der Waals surface area contributed by atoms with Crippen LogP contribution in [0.3, 0.4) is 0 Å². The summed E-state index contributed by atoms with van der Waals surface area (Å²) in [6.07, 6.45) is 0. The zero-order chi connectivity index (χ0) is 26.1. The molecule has 8 nitrogen and oxygen atoms in total. The van der Waals surface area contributed by atoms with Crippen LogP contribution in [0.25, 0.3) is 16.0 Å². The monoisotopic (exact) mass is 516 g/mol. The molecule has 0 saturated carbocycles. The van der Waals surface area contributed by atoms with Crippen molar-refractivity contribution in [1.29, 1.82) is 0 Å². The summed E-state index contributed by atoms with van der Waals surface area (Å²) in [6.45, 7) is 2.42. The van der Waals surface area contributed by atoms with Gasteiger partial charge in [0.05, 0.1) is 36.6 Å². The Morgan fingerprint density at radius 2 is 1.73 bits per heavy atom. The van der Waals surface area contributed by atoms with Gasteiger partial charge < -0.3 is 19.3 Å². The minimum Gasteiger partial charge on any atom is -0.507 e. The Bertz CT molecular complexity index is 1530. The van der Waals surface area contributed by atoms with Crippen LogP contribution in [0.5, 0.6) is 17.2 Å². The molecule has 0 unspecified atom stereocenters. The van der Waals surface area contributed by atoms with Crippen LogP contribution < -0.4 is 19.1 Å². The van der Waals surface area contributed by atoms with Gasteiger partial charge in [-0.2, -0.15) is 0 Å². The van der Waals surface area contributed by atoms with Crippen molar-refractivity contribution in [2.24, 2.45) is 0 Å². The molecule has 1 aliphatic heterocycles. The summed E-state index contributed by atoms with van der Waals surface area (Å²) >= 11 is 1.27. The molecule has 5 rings (SSSR count). The van der Waals surface area contributed by atoms with Gasteiger partial charge in [0, 0.05) is 11.1 Å². The average Bonchev–Trinajstić information content (AvgIpc) is 3.46. The molecule has 1 aliphatic rings. The number of hydrogen-bond acceptors (Lipinski definition) is 8. The number of anilines is 1. The summed E-state index contributed by atoms with van der Waals surface area (Å²) in [5.74, 6) is -0.125. The molecule has 0 spiro atoms. The predicted molar refractivity (Wildman–Crippen MR) is 142 cm³/mol. The van der Waals surface area contributed by atoms with Crippen molar-refractivity contribution in [1.82, 2.24) is 4.98 Å². The number of aromatic nitrogens is 1. The fourth-order valence-corrected chi connectivity index (χ4v) is 5.39. The topological polar surface area (TPSA) is 98.2 Å². The van der Waals surface area contributed by atoms with E-state index in [0.29, 0.717) is 45.6 Å². The molecule has 1 fully saturated rings. The number of aliphatic hydroxyl groups excluding tert-OH is 1. The fraction of sp³-hybridized carbons (Fsp3) is 0.179.